The number of rotatable bonds is 8. The number of pyridine rings is 1. The van der Waals surface area contributed by atoms with E-state index >= 15 is 0 Å². The third-order valence-corrected chi connectivity index (χ3v) is 4.99. The van der Waals surface area contributed by atoms with Gasteiger partial charge < -0.3 is 4.90 Å². The van der Waals surface area contributed by atoms with Gasteiger partial charge >= 0.3 is 0 Å². The number of hydrogen-bond donors (Lipinski definition) is 0. The van der Waals surface area contributed by atoms with Crippen LogP contribution in [0, 0.1) is 0 Å². The first-order valence-corrected chi connectivity index (χ1v) is 9.69. The molecule has 0 N–H and O–H groups in total. The van der Waals surface area contributed by atoms with Crippen LogP contribution in [-0.4, -0.2) is 28.1 Å². The first kappa shape index (κ1) is 18.2. The maximum Gasteiger partial charge on any atom is 0.233 e. The average Bonchev–Trinajstić information content (AvgIpc) is 2.71. The minimum Gasteiger partial charge on any atom is -0.337 e. The van der Waals surface area contributed by atoms with Crippen LogP contribution >= 0.6 is 11.8 Å². The van der Waals surface area contributed by atoms with Gasteiger partial charge in [0, 0.05) is 19.3 Å². The van der Waals surface area contributed by atoms with Crippen molar-refractivity contribution in [3.8, 4) is 0 Å². The number of nitrogens with zero attached hydrogens (tertiary/aromatic N) is 2. The zero-order chi connectivity index (χ0) is 18.0. The van der Waals surface area contributed by atoms with Crippen molar-refractivity contribution in [1.29, 1.82) is 0 Å². The molecule has 26 heavy (non-hydrogen) atoms. The number of amides is 1. The Balaban J connectivity index is 1.63. The van der Waals surface area contributed by atoms with E-state index in [1.807, 2.05) is 59.5 Å². The largest absolute Gasteiger partial charge is 0.337 e. The van der Waals surface area contributed by atoms with Crippen LogP contribution in [0.5, 0.6) is 0 Å². The van der Waals surface area contributed by atoms with Crippen LogP contribution in [0.4, 0.5) is 0 Å². The molecule has 0 aliphatic rings. The summed E-state index contributed by atoms with van der Waals surface area (Å²) in [5.74, 6) is 0.541. The molecule has 4 heteroatoms. The van der Waals surface area contributed by atoms with E-state index in [4.69, 9.17) is 0 Å². The second-order valence-electron chi connectivity index (χ2n) is 5.99. The van der Waals surface area contributed by atoms with E-state index < -0.39 is 0 Å². The summed E-state index contributed by atoms with van der Waals surface area (Å²) >= 11 is 1.49. The number of hydrogen-bond acceptors (Lipinski definition) is 3. The van der Waals surface area contributed by atoms with Gasteiger partial charge in [0.2, 0.25) is 5.91 Å². The van der Waals surface area contributed by atoms with Gasteiger partial charge in [-0.1, -0.05) is 78.5 Å². The summed E-state index contributed by atoms with van der Waals surface area (Å²) in [7, 11) is 0. The summed E-state index contributed by atoms with van der Waals surface area (Å²) in [5.41, 5.74) is 2.40. The Bertz CT molecular complexity index is 794. The van der Waals surface area contributed by atoms with E-state index in [0.717, 1.165) is 17.0 Å². The normalized spacial score (nSPS) is 10.5. The van der Waals surface area contributed by atoms with Crippen LogP contribution < -0.4 is 0 Å². The molecule has 0 unspecified atom stereocenters. The molecule has 3 rings (SSSR count). The van der Waals surface area contributed by atoms with Gasteiger partial charge in [0.1, 0.15) is 0 Å². The van der Waals surface area contributed by atoms with Crippen molar-refractivity contribution in [3.63, 3.8) is 0 Å². The Labute approximate surface area is 159 Å². The average molecular weight is 362 g/mol. The highest BCUT2D eigenvalue weighted by molar-refractivity contribution is 7.99. The number of aromatic nitrogens is 1. The highest BCUT2D eigenvalue weighted by atomic mass is 32.2. The van der Waals surface area contributed by atoms with Crippen molar-refractivity contribution < 1.29 is 4.79 Å². The molecular weight excluding hydrogens is 340 g/mol. The van der Waals surface area contributed by atoms with Crippen molar-refractivity contribution in [1.82, 2.24) is 9.88 Å². The lowest BCUT2D eigenvalue weighted by molar-refractivity contribution is -0.128. The third kappa shape index (κ3) is 5.74. The van der Waals surface area contributed by atoms with Gasteiger partial charge in [-0.2, -0.15) is 0 Å². The summed E-state index contributed by atoms with van der Waals surface area (Å²) in [6.45, 7) is 1.34. The fourth-order valence-electron chi connectivity index (χ4n) is 2.66. The Morgan fingerprint density at radius 1 is 0.846 bits per heavy atom. The van der Waals surface area contributed by atoms with E-state index in [-0.39, 0.29) is 5.91 Å². The topological polar surface area (TPSA) is 33.2 Å². The zero-order valence-electron chi connectivity index (χ0n) is 14.6. The molecule has 0 saturated heterocycles. The lowest BCUT2D eigenvalue weighted by Crippen LogP contribution is -2.33. The first-order valence-electron chi connectivity index (χ1n) is 8.71. The van der Waals surface area contributed by atoms with Crippen molar-refractivity contribution in [2.75, 3.05) is 12.3 Å². The van der Waals surface area contributed by atoms with Crippen molar-refractivity contribution in [2.45, 2.75) is 18.0 Å². The molecule has 0 aliphatic heterocycles. The summed E-state index contributed by atoms with van der Waals surface area (Å²) in [4.78, 5) is 19.0. The van der Waals surface area contributed by atoms with Crippen LogP contribution in [-0.2, 0) is 17.8 Å². The molecule has 0 bridgehead atoms. The maximum atomic E-state index is 12.8. The van der Waals surface area contributed by atoms with Gasteiger partial charge in [0.15, 0.2) is 0 Å². The van der Waals surface area contributed by atoms with E-state index in [1.165, 1.54) is 17.3 Å². The zero-order valence-corrected chi connectivity index (χ0v) is 15.4. The highest BCUT2D eigenvalue weighted by Gasteiger charge is 2.15. The molecule has 1 amide bonds. The van der Waals surface area contributed by atoms with Crippen LogP contribution in [0.15, 0.2) is 90.1 Å². The fraction of sp³-hybridized carbons (Fsp3) is 0.182. The van der Waals surface area contributed by atoms with Gasteiger partial charge in [0.25, 0.3) is 0 Å². The van der Waals surface area contributed by atoms with Gasteiger partial charge in [0.05, 0.1) is 10.8 Å². The molecule has 0 radical (unpaired) electrons. The quantitative estimate of drug-likeness (QED) is 0.555. The van der Waals surface area contributed by atoms with E-state index in [0.29, 0.717) is 18.8 Å². The van der Waals surface area contributed by atoms with E-state index in [2.05, 4.69) is 29.2 Å². The molecule has 132 valence electrons. The molecule has 2 aromatic carbocycles. The summed E-state index contributed by atoms with van der Waals surface area (Å²) < 4.78 is 0. The molecular formula is C22H22N2OS. The predicted octanol–water partition coefficient (Wildman–Crippen LogP) is 4.45. The first-order chi connectivity index (χ1) is 12.8. The molecule has 0 spiro atoms. The standard InChI is InChI=1S/C22H22N2OS/c25-22(18-26-21-13-7-8-15-23-21)24(17-20-11-5-2-6-12-20)16-14-19-9-3-1-4-10-19/h1-13,15H,14,16-18H2. The minimum absolute atomic E-state index is 0.139. The number of carbonyl (C=O) groups excluding carboxylic acids is 1. The van der Waals surface area contributed by atoms with Crippen LogP contribution in [0.2, 0.25) is 0 Å². The molecule has 3 aromatic rings. The van der Waals surface area contributed by atoms with Gasteiger partial charge in [-0.25, -0.2) is 4.98 Å². The van der Waals surface area contributed by atoms with Gasteiger partial charge in [-0.15, -0.1) is 0 Å². The van der Waals surface area contributed by atoms with Gasteiger partial charge in [-0.05, 0) is 29.7 Å². The number of benzene rings is 2. The smallest absolute Gasteiger partial charge is 0.233 e. The molecule has 0 atom stereocenters. The summed E-state index contributed by atoms with van der Waals surface area (Å²) in [6.07, 6.45) is 2.61. The van der Waals surface area contributed by atoms with Crippen molar-refractivity contribution in [3.05, 3.63) is 96.2 Å². The lowest BCUT2D eigenvalue weighted by Gasteiger charge is -2.23. The monoisotopic (exact) mass is 362 g/mol. The second-order valence-corrected chi connectivity index (χ2v) is 6.99. The highest BCUT2D eigenvalue weighted by Crippen LogP contribution is 2.16. The van der Waals surface area contributed by atoms with Crippen LogP contribution in [0.3, 0.4) is 0 Å². The van der Waals surface area contributed by atoms with Gasteiger partial charge in [-0.3, -0.25) is 4.79 Å². The molecule has 1 heterocycles. The van der Waals surface area contributed by atoms with Crippen LogP contribution in [0.25, 0.3) is 0 Å². The number of carbonyl (C=O) groups is 1. The van der Waals surface area contributed by atoms with Crippen molar-refractivity contribution >= 4 is 17.7 Å². The third-order valence-electron chi connectivity index (χ3n) is 4.06. The fourth-order valence-corrected chi connectivity index (χ4v) is 3.43. The maximum absolute atomic E-state index is 12.8. The SMILES string of the molecule is O=C(CSc1ccccn1)N(CCc1ccccc1)Cc1ccccc1. The molecule has 0 aliphatic carbocycles. The van der Waals surface area contributed by atoms with E-state index in [1.54, 1.807) is 6.20 Å². The predicted molar refractivity (Wildman–Crippen MR) is 107 cm³/mol. The van der Waals surface area contributed by atoms with E-state index in [9.17, 15) is 4.79 Å². The van der Waals surface area contributed by atoms with Crippen LogP contribution in [0.1, 0.15) is 11.1 Å². The minimum atomic E-state index is 0.139. The lowest BCUT2D eigenvalue weighted by atomic mass is 10.1. The molecule has 0 fully saturated rings. The molecule has 0 saturated carbocycles. The molecule has 3 nitrogen and oxygen atoms in total. The van der Waals surface area contributed by atoms with Crippen molar-refractivity contribution in [2.24, 2.45) is 0 Å². The Kier molecular flexibility index (Phi) is 6.85. The number of thioether (sulfide) groups is 1. The Morgan fingerprint density at radius 2 is 1.50 bits per heavy atom. The Hall–Kier alpha value is -2.59. The molecule has 1 aromatic heterocycles. The Morgan fingerprint density at radius 3 is 2.15 bits per heavy atom. The summed E-state index contributed by atoms with van der Waals surface area (Å²) in [5, 5.41) is 0.878. The second kappa shape index (κ2) is 9.78. The summed E-state index contributed by atoms with van der Waals surface area (Å²) in [6, 6.07) is 26.2.